The van der Waals surface area contributed by atoms with Gasteiger partial charge in [-0.25, -0.2) is 9.97 Å². The van der Waals surface area contributed by atoms with Gasteiger partial charge >= 0.3 is 0 Å². The van der Waals surface area contributed by atoms with E-state index in [1.807, 2.05) is 50.4 Å². The molecule has 1 aliphatic rings. The highest BCUT2D eigenvalue weighted by molar-refractivity contribution is 7.14. The van der Waals surface area contributed by atoms with E-state index in [9.17, 15) is 9.59 Å². The van der Waals surface area contributed by atoms with Crippen molar-refractivity contribution in [1.29, 1.82) is 0 Å². The predicted octanol–water partition coefficient (Wildman–Crippen LogP) is 4.32. The standard InChI is InChI=1S/C24H29N5O3S/c1-14(2)23-25-15(3)21(32-23)22(31)27-24-26-18(13-33-24)16-6-8-19-17(12-16)7-9-20(30)29(19)11-10-28(4)5/h6,8,12-14H,7,9-11H2,1-5H3,(H,26,27,31). The SMILES string of the molecule is Cc1nc(C(C)C)oc1C(=O)Nc1nc(-c2ccc3c(c2)CCC(=O)N3CCN(C)C)cs1. The van der Waals surface area contributed by atoms with Gasteiger partial charge in [0.05, 0.1) is 11.4 Å². The van der Waals surface area contributed by atoms with Crippen LogP contribution in [0, 0.1) is 6.92 Å². The summed E-state index contributed by atoms with van der Waals surface area (Å²) in [6.07, 6.45) is 1.23. The lowest BCUT2D eigenvalue weighted by Crippen LogP contribution is -2.39. The molecule has 0 atom stereocenters. The molecule has 1 aliphatic heterocycles. The zero-order chi connectivity index (χ0) is 23.7. The minimum Gasteiger partial charge on any atom is -0.435 e. The molecule has 0 saturated heterocycles. The van der Waals surface area contributed by atoms with Crippen molar-refractivity contribution in [3.8, 4) is 11.3 Å². The van der Waals surface area contributed by atoms with E-state index in [1.54, 1.807) is 6.92 Å². The van der Waals surface area contributed by atoms with Crippen molar-refractivity contribution in [2.45, 2.75) is 39.5 Å². The molecular formula is C24H29N5O3S. The highest BCUT2D eigenvalue weighted by Gasteiger charge is 2.25. The van der Waals surface area contributed by atoms with Crippen LogP contribution in [-0.4, -0.2) is 53.9 Å². The largest absolute Gasteiger partial charge is 0.435 e. The van der Waals surface area contributed by atoms with Crippen molar-refractivity contribution < 1.29 is 14.0 Å². The lowest BCUT2D eigenvalue weighted by molar-refractivity contribution is -0.118. The molecule has 1 N–H and O–H groups in total. The molecule has 3 aromatic rings. The van der Waals surface area contributed by atoms with E-state index in [1.165, 1.54) is 11.3 Å². The van der Waals surface area contributed by atoms with E-state index in [0.29, 0.717) is 29.7 Å². The summed E-state index contributed by atoms with van der Waals surface area (Å²) in [5.74, 6) is 0.679. The fraction of sp³-hybridized carbons (Fsp3) is 0.417. The van der Waals surface area contributed by atoms with Gasteiger partial charge in [-0.3, -0.25) is 14.9 Å². The number of benzene rings is 1. The van der Waals surface area contributed by atoms with Crippen LogP contribution in [-0.2, 0) is 11.2 Å². The number of aryl methyl sites for hydroxylation is 2. The molecule has 2 amide bonds. The Bertz CT molecular complexity index is 1180. The third kappa shape index (κ3) is 4.99. The Kier molecular flexibility index (Phi) is 6.62. The number of carbonyl (C=O) groups is 2. The first-order valence-corrected chi connectivity index (χ1v) is 11.9. The average Bonchev–Trinajstić information content (AvgIpc) is 3.39. The molecule has 0 radical (unpaired) electrons. The number of amides is 2. The van der Waals surface area contributed by atoms with Crippen LogP contribution in [0.5, 0.6) is 0 Å². The average molecular weight is 468 g/mol. The first kappa shape index (κ1) is 23.1. The molecule has 8 nitrogen and oxygen atoms in total. The molecule has 4 rings (SSSR count). The number of hydrogen-bond acceptors (Lipinski definition) is 7. The van der Waals surface area contributed by atoms with Gasteiger partial charge in [0.15, 0.2) is 11.0 Å². The Morgan fingerprint density at radius 1 is 1.27 bits per heavy atom. The molecular weight excluding hydrogens is 438 g/mol. The summed E-state index contributed by atoms with van der Waals surface area (Å²) in [6.45, 7) is 7.18. The van der Waals surface area contributed by atoms with E-state index in [4.69, 9.17) is 4.42 Å². The monoisotopic (exact) mass is 467 g/mol. The first-order valence-electron chi connectivity index (χ1n) is 11.1. The Hall–Kier alpha value is -3.04. The number of rotatable bonds is 7. The molecule has 0 saturated carbocycles. The van der Waals surface area contributed by atoms with E-state index < -0.39 is 0 Å². The smallest absolute Gasteiger partial charge is 0.295 e. The van der Waals surface area contributed by atoms with E-state index in [0.717, 1.165) is 35.5 Å². The number of hydrogen-bond donors (Lipinski definition) is 1. The van der Waals surface area contributed by atoms with Crippen molar-refractivity contribution in [2.24, 2.45) is 0 Å². The molecule has 174 valence electrons. The topological polar surface area (TPSA) is 91.6 Å². The number of fused-ring (bicyclic) bond motifs is 1. The highest BCUT2D eigenvalue weighted by Crippen LogP contribution is 2.33. The highest BCUT2D eigenvalue weighted by atomic mass is 32.1. The van der Waals surface area contributed by atoms with Gasteiger partial charge in [-0.2, -0.15) is 0 Å². The summed E-state index contributed by atoms with van der Waals surface area (Å²) in [5, 5.41) is 5.24. The van der Waals surface area contributed by atoms with Crippen LogP contribution >= 0.6 is 11.3 Å². The number of nitrogens with one attached hydrogen (secondary N) is 1. The summed E-state index contributed by atoms with van der Waals surface area (Å²) in [4.78, 5) is 38.0. The Morgan fingerprint density at radius 2 is 2.06 bits per heavy atom. The lowest BCUT2D eigenvalue weighted by Gasteiger charge is -2.30. The third-order valence-corrected chi connectivity index (χ3v) is 6.34. The minimum absolute atomic E-state index is 0.106. The van der Waals surface area contributed by atoms with Crippen LogP contribution in [0.15, 0.2) is 28.0 Å². The Labute approximate surface area is 197 Å². The van der Waals surface area contributed by atoms with E-state index >= 15 is 0 Å². The van der Waals surface area contributed by atoms with Gasteiger partial charge in [-0.15, -0.1) is 11.3 Å². The van der Waals surface area contributed by atoms with Gasteiger partial charge in [0.1, 0.15) is 0 Å². The summed E-state index contributed by atoms with van der Waals surface area (Å²) in [6, 6.07) is 6.08. The van der Waals surface area contributed by atoms with Crippen LogP contribution in [0.4, 0.5) is 10.8 Å². The summed E-state index contributed by atoms with van der Waals surface area (Å²) >= 11 is 1.36. The van der Waals surface area contributed by atoms with Gasteiger partial charge in [0.2, 0.25) is 11.7 Å². The van der Waals surface area contributed by atoms with Crippen LogP contribution in [0.3, 0.4) is 0 Å². The first-order chi connectivity index (χ1) is 15.7. The quantitative estimate of drug-likeness (QED) is 0.556. The van der Waals surface area contributed by atoms with Gasteiger partial charge in [0, 0.05) is 42.1 Å². The van der Waals surface area contributed by atoms with Crippen molar-refractivity contribution in [3.63, 3.8) is 0 Å². The lowest BCUT2D eigenvalue weighted by atomic mass is 9.98. The number of oxazole rings is 1. The molecule has 0 spiro atoms. The zero-order valence-corrected chi connectivity index (χ0v) is 20.5. The normalized spacial score (nSPS) is 13.7. The maximum absolute atomic E-state index is 12.7. The summed E-state index contributed by atoms with van der Waals surface area (Å²) in [7, 11) is 4.01. The Morgan fingerprint density at radius 3 is 2.76 bits per heavy atom. The fourth-order valence-corrected chi connectivity index (χ4v) is 4.47. The number of anilines is 2. The van der Waals surface area contributed by atoms with Crippen molar-refractivity contribution in [3.05, 3.63) is 46.5 Å². The summed E-state index contributed by atoms with van der Waals surface area (Å²) in [5.41, 5.74) is 4.43. The molecule has 0 bridgehead atoms. The summed E-state index contributed by atoms with van der Waals surface area (Å²) < 4.78 is 5.64. The molecule has 9 heteroatoms. The van der Waals surface area contributed by atoms with E-state index in [2.05, 4.69) is 26.3 Å². The second kappa shape index (κ2) is 9.44. The van der Waals surface area contributed by atoms with E-state index in [-0.39, 0.29) is 23.5 Å². The number of thiazole rings is 1. The van der Waals surface area contributed by atoms with Gasteiger partial charge in [-0.1, -0.05) is 19.9 Å². The van der Waals surface area contributed by atoms with Gasteiger partial charge < -0.3 is 14.2 Å². The Balaban J connectivity index is 1.51. The van der Waals surface area contributed by atoms with Crippen molar-refractivity contribution >= 4 is 34.0 Å². The predicted molar refractivity (Wildman–Crippen MR) is 130 cm³/mol. The van der Waals surface area contributed by atoms with Gasteiger partial charge in [-0.05, 0) is 45.1 Å². The molecule has 3 heterocycles. The number of likely N-dealkylation sites (N-methyl/N-ethyl adjacent to an activating group) is 1. The van der Waals surface area contributed by atoms with Crippen LogP contribution in [0.1, 0.15) is 53.9 Å². The molecule has 0 fully saturated rings. The number of carbonyl (C=O) groups excluding carboxylic acids is 2. The molecule has 2 aromatic heterocycles. The maximum atomic E-state index is 12.7. The zero-order valence-electron chi connectivity index (χ0n) is 19.6. The van der Waals surface area contributed by atoms with Gasteiger partial charge in [0.25, 0.3) is 5.91 Å². The minimum atomic E-state index is -0.353. The molecule has 0 aliphatic carbocycles. The van der Waals surface area contributed by atoms with Crippen LogP contribution in [0.2, 0.25) is 0 Å². The van der Waals surface area contributed by atoms with Crippen molar-refractivity contribution in [1.82, 2.24) is 14.9 Å². The molecule has 33 heavy (non-hydrogen) atoms. The molecule has 1 aromatic carbocycles. The second-order valence-corrected chi connectivity index (χ2v) is 9.66. The number of aromatic nitrogens is 2. The fourth-order valence-electron chi connectivity index (χ4n) is 3.76. The second-order valence-electron chi connectivity index (χ2n) is 8.81. The maximum Gasteiger partial charge on any atom is 0.295 e. The number of nitrogens with zero attached hydrogens (tertiary/aromatic N) is 4. The third-order valence-electron chi connectivity index (χ3n) is 5.58. The van der Waals surface area contributed by atoms with Crippen LogP contribution < -0.4 is 10.2 Å². The van der Waals surface area contributed by atoms with Crippen LogP contribution in [0.25, 0.3) is 11.3 Å². The van der Waals surface area contributed by atoms with Crippen molar-refractivity contribution in [2.75, 3.05) is 37.4 Å². The molecule has 0 unspecified atom stereocenters.